The number of amides is 2. The molecule has 6 nitrogen and oxygen atoms in total. The number of carbonyl (C=O) groups excluding carboxylic acids is 2. The monoisotopic (exact) mass is 249 g/mol. The van der Waals surface area contributed by atoms with E-state index in [4.69, 9.17) is 5.73 Å². The molecule has 0 bridgehead atoms. The highest BCUT2D eigenvalue weighted by Gasteiger charge is 2.34. The Kier molecular flexibility index (Phi) is 2.94. The van der Waals surface area contributed by atoms with Crippen molar-refractivity contribution in [2.24, 2.45) is 18.7 Å². The second-order valence-electron chi connectivity index (χ2n) is 4.72. The fraction of sp³-hybridized carbons (Fsp3) is 0.417. The molecule has 1 heterocycles. The van der Waals surface area contributed by atoms with Gasteiger partial charge in [-0.2, -0.15) is 0 Å². The molecule has 3 N–H and O–H groups in total. The Labute approximate surface area is 104 Å². The van der Waals surface area contributed by atoms with Crippen molar-refractivity contribution < 1.29 is 9.59 Å². The number of aryl methyl sites for hydroxylation is 1. The van der Waals surface area contributed by atoms with Crippen LogP contribution in [0.5, 0.6) is 0 Å². The van der Waals surface area contributed by atoms with Gasteiger partial charge in [0.05, 0.1) is 5.56 Å². The van der Waals surface area contributed by atoms with Crippen LogP contribution in [-0.4, -0.2) is 22.4 Å². The molecule has 2 amide bonds. The Hall–Kier alpha value is -2.11. The third-order valence-corrected chi connectivity index (χ3v) is 3.14. The van der Waals surface area contributed by atoms with Gasteiger partial charge >= 0.3 is 0 Å². The molecular weight excluding hydrogens is 234 g/mol. The van der Waals surface area contributed by atoms with Crippen LogP contribution in [0, 0.1) is 5.92 Å². The van der Waals surface area contributed by atoms with Crippen molar-refractivity contribution in [2.45, 2.75) is 19.4 Å². The highest BCUT2D eigenvalue weighted by Crippen LogP contribution is 2.29. The number of rotatable bonds is 3. The first-order valence-corrected chi connectivity index (χ1v) is 5.71. The maximum Gasteiger partial charge on any atom is 0.263 e. The van der Waals surface area contributed by atoms with Crippen LogP contribution in [0.15, 0.2) is 17.1 Å². The Morgan fingerprint density at radius 3 is 2.61 bits per heavy atom. The standard InChI is InChI=1S/C12H15N3O3/c1-6-3-9(6)14-11(17)7-4-8(10(13)16)12(18)15(2)5-7/h4-6,9H,3H2,1-2H3,(H2,13,16)(H,14,17)/t6-,9+/m0/s1. The molecule has 1 saturated carbocycles. The molecule has 18 heavy (non-hydrogen) atoms. The highest BCUT2D eigenvalue weighted by molar-refractivity contribution is 5.98. The average molecular weight is 249 g/mol. The second kappa shape index (κ2) is 4.29. The van der Waals surface area contributed by atoms with Crippen LogP contribution in [0.2, 0.25) is 0 Å². The number of hydrogen-bond acceptors (Lipinski definition) is 3. The van der Waals surface area contributed by atoms with Gasteiger partial charge in [0.2, 0.25) is 0 Å². The van der Waals surface area contributed by atoms with E-state index in [9.17, 15) is 14.4 Å². The molecule has 0 radical (unpaired) electrons. The zero-order valence-corrected chi connectivity index (χ0v) is 10.3. The maximum absolute atomic E-state index is 11.9. The Balaban J connectivity index is 2.30. The molecule has 1 aliphatic carbocycles. The maximum atomic E-state index is 11.9. The molecule has 0 aromatic carbocycles. The Bertz CT molecular complexity index is 576. The highest BCUT2D eigenvalue weighted by atomic mass is 16.2. The van der Waals surface area contributed by atoms with Crippen molar-refractivity contribution >= 4 is 11.8 Å². The summed E-state index contributed by atoms with van der Waals surface area (Å²) in [6, 6.07) is 1.43. The third-order valence-electron chi connectivity index (χ3n) is 3.14. The lowest BCUT2D eigenvalue weighted by atomic mass is 10.1. The minimum atomic E-state index is -0.829. The van der Waals surface area contributed by atoms with Gasteiger partial charge in [0.25, 0.3) is 17.4 Å². The molecule has 96 valence electrons. The number of pyridine rings is 1. The van der Waals surface area contributed by atoms with Crippen molar-refractivity contribution in [1.29, 1.82) is 0 Å². The topological polar surface area (TPSA) is 94.2 Å². The lowest BCUT2D eigenvalue weighted by molar-refractivity contribution is 0.0948. The predicted octanol–water partition coefficient (Wildman–Crippen LogP) is -0.378. The van der Waals surface area contributed by atoms with Crippen LogP contribution >= 0.6 is 0 Å². The first kappa shape index (κ1) is 12.3. The number of nitrogens with two attached hydrogens (primary N) is 1. The minimum absolute atomic E-state index is 0.172. The lowest BCUT2D eigenvalue weighted by Crippen LogP contribution is -2.32. The molecule has 0 unspecified atom stereocenters. The van der Waals surface area contributed by atoms with Crippen molar-refractivity contribution in [3.8, 4) is 0 Å². The minimum Gasteiger partial charge on any atom is -0.365 e. The van der Waals surface area contributed by atoms with Gasteiger partial charge in [0, 0.05) is 19.3 Å². The van der Waals surface area contributed by atoms with Gasteiger partial charge in [-0.25, -0.2) is 0 Å². The van der Waals surface area contributed by atoms with E-state index >= 15 is 0 Å². The van der Waals surface area contributed by atoms with Crippen LogP contribution in [-0.2, 0) is 7.05 Å². The van der Waals surface area contributed by atoms with Crippen molar-refractivity contribution in [2.75, 3.05) is 0 Å². The van der Waals surface area contributed by atoms with Crippen LogP contribution in [0.25, 0.3) is 0 Å². The summed E-state index contributed by atoms with van der Waals surface area (Å²) in [6.45, 7) is 2.04. The van der Waals surface area contributed by atoms with E-state index in [0.717, 1.165) is 6.42 Å². The second-order valence-corrected chi connectivity index (χ2v) is 4.72. The Morgan fingerprint density at radius 1 is 1.50 bits per heavy atom. The van der Waals surface area contributed by atoms with Crippen molar-refractivity contribution in [3.63, 3.8) is 0 Å². The van der Waals surface area contributed by atoms with E-state index in [1.165, 1.54) is 23.9 Å². The smallest absolute Gasteiger partial charge is 0.263 e. The van der Waals surface area contributed by atoms with Gasteiger partial charge in [0.1, 0.15) is 5.56 Å². The number of hydrogen-bond donors (Lipinski definition) is 2. The van der Waals surface area contributed by atoms with Gasteiger partial charge < -0.3 is 15.6 Å². The van der Waals surface area contributed by atoms with Gasteiger partial charge in [-0.05, 0) is 18.4 Å². The summed E-state index contributed by atoms with van der Waals surface area (Å²) in [4.78, 5) is 34.6. The molecular formula is C12H15N3O3. The van der Waals surface area contributed by atoms with Crippen molar-refractivity contribution in [1.82, 2.24) is 9.88 Å². The lowest BCUT2D eigenvalue weighted by Gasteiger charge is -2.07. The molecule has 0 aliphatic heterocycles. The average Bonchev–Trinajstić information content (AvgIpc) is 2.97. The summed E-state index contributed by atoms with van der Waals surface area (Å²) in [5.74, 6) is -0.635. The predicted molar refractivity (Wildman–Crippen MR) is 65.2 cm³/mol. The summed E-state index contributed by atoms with van der Waals surface area (Å²) in [5, 5.41) is 2.83. The van der Waals surface area contributed by atoms with E-state index in [0.29, 0.717) is 5.92 Å². The van der Waals surface area contributed by atoms with E-state index < -0.39 is 11.5 Å². The van der Waals surface area contributed by atoms with Crippen molar-refractivity contribution in [3.05, 3.63) is 33.7 Å². The van der Waals surface area contributed by atoms with Gasteiger partial charge in [-0.1, -0.05) is 6.92 Å². The molecule has 2 atom stereocenters. The van der Waals surface area contributed by atoms with Gasteiger partial charge in [-0.15, -0.1) is 0 Å². The number of nitrogens with one attached hydrogen (secondary N) is 1. The molecule has 6 heteroatoms. The molecule has 2 rings (SSSR count). The summed E-state index contributed by atoms with van der Waals surface area (Å²) >= 11 is 0. The van der Waals surface area contributed by atoms with Crippen LogP contribution in [0.3, 0.4) is 0 Å². The van der Waals surface area contributed by atoms with Gasteiger partial charge in [-0.3, -0.25) is 14.4 Å². The number of primary amides is 1. The largest absolute Gasteiger partial charge is 0.365 e. The molecule has 0 spiro atoms. The molecule has 1 aromatic rings. The zero-order valence-electron chi connectivity index (χ0n) is 10.3. The van der Waals surface area contributed by atoms with Crippen LogP contribution < -0.4 is 16.6 Å². The summed E-state index contributed by atoms with van der Waals surface area (Å²) < 4.78 is 1.19. The van der Waals surface area contributed by atoms with E-state index in [-0.39, 0.29) is 23.1 Å². The molecule has 1 aromatic heterocycles. The number of carbonyl (C=O) groups is 2. The van der Waals surface area contributed by atoms with Crippen LogP contribution in [0.1, 0.15) is 34.1 Å². The van der Waals surface area contributed by atoms with Gasteiger partial charge in [0.15, 0.2) is 0 Å². The first-order chi connectivity index (χ1) is 8.40. The van der Waals surface area contributed by atoms with E-state index in [2.05, 4.69) is 5.32 Å². The molecule has 0 saturated heterocycles. The first-order valence-electron chi connectivity index (χ1n) is 5.71. The van der Waals surface area contributed by atoms with E-state index in [1.807, 2.05) is 6.92 Å². The SMILES string of the molecule is C[C@H]1C[C@H]1NC(=O)c1cc(C(N)=O)c(=O)n(C)c1. The summed E-state index contributed by atoms with van der Waals surface area (Å²) in [7, 11) is 1.48. The quantitative estimate of drug-likeness (QED) is 0.764. The van der Waals surface area contributed by atoms with Crippen LogP contribution in [0.4, 0.5) is 0 Å². The summed E-state index contributed by atoms with van der Waals surface area (Å²) in [5.41, 5.74) is 4.70. The fourth-order valence-electron chi connectivity index (χ4n) is 1.79. The zero-order chi connectivity index (χ0) is 13.4. The number of nitrogens with zero attached hydrogens (tertiary/aromatic N) is 1. The molecule has 1 aliphatic rings. The molecule has 1 fully saturated rings. The Morgan fingerprint density at radius 2 is 2.11 bits per heavy atom. The van der Waals surface area contributed by atoms with E-state index in [1.54, 1.807) is 0 Å². The summed E-state index contributed by atoms with van der Waals surface area (Å²) in [6.07, 6.45) is 2.36. The normalized spacial score (nSPS) is 21.4. The third kappa shape index (κ3) is 2.27. The number of aromatic nitrogens is 1. The fourth-order valence-corrected chi connectivity index (χ4v) is 1.79.